The zero-order valence-electron chi connectivity index (χ0n) is 40.3. The lowest BCUT2D eigenvalue weighted by molar-refractivity contribution is -0.156. The van der Waals surface area contributed by atoms with Crippen molar-refractivity contribution in [1.29, 1.82) is 0 Å². The summed E-state index contributed by atoms with van der Waals surface area (Å²) in [6, 6.07) is -1.13. The molecule has 3 aliphatic heterocycles. The van der Waals surface area contributed by atoms with E-state index in [1.54, 1.807) is 12.1 Å². The molecule has 0 radical (unpaired) electrons. The summed E-state index contributed by atoms with van der Waals surface area (Å²) in [7, 11) is 0. The van der Waals surface area contributed by atoms with E-state index >= 15 is 0 Å². The Labute approximate surface area is 406 Å². The molecule has 6 unspecified atom stereocenters. The highest BCUT2D eigenvalue weighted by molar-refractivity contribution is 6.19. The largest absolute Gasteiger partial charge is 0.424 e. The maximum absolute atomic E-state index is 13.9. The number of ketones is 4. The number of benzene rings is 1. The molecule has 4 rings (SSSR count). The molecule has 21 heteroatoms. The fourth-order valence-electron chi connectivity index (χ4n) is 7.87. The third kappa shape index (κ3) is 16.3. The van der Waals surface area contributed by atoms with Gasteiger partial charge in [0.05, 0.1) is 36.9 Å². The molecule has 0 fully saturated rings. The number of hydrogen-bond donors (Lipinski definition) is 4. The number of rotatable bonds is 6. The van der Waals surface area contributed by atoms with Crippen molar-refractivity contribution >= 4 is 76.1 Å². The number of anilines is 1. The third-order valence-corrected chi connectivity index (χ3v) is 11.8. The summed E-state index contributed by atoms with van der Waals surface area (Å²) in [6.45, 7) is 7.40. The van der Waals surface area contributed by atoms with E-state index in [0.29, 0.717) is 16.2 Å². The quantitative estimate of drug-likeness (QED) is 0.178. The maximum atomic E-state index is 13.9. The van der Waals surface area contributed by atoms with Crippen LogP contribution in [0.2, 0.25) is 0 Å². The summed E-state index contributed by atoms with van der Waals surface area (Å²) >= 11 is 0. The van der Waals surface area contributed by atoms with Gasteiger partial charge in [0.25, 0.3) is 23.6 Å². The van der Waals surface area contributed by atoms with Gasteiger partial charge in [-0.1, -0.05) is 33.3 Å². The number of nitrogens with one attached hydrogen (secondary N) is 3. The van der Waals surface area contributed by atoms with Crippen LogP contribution >= 0.6 is 0 Å². The number of hydrogen-bond acceptors (Lipinski definition) is 16. The number of Topliss-reactive ketones (excluding diaryl/α,β-unsaturated/α-hetero) is 4. The number of fused-ring (bicyclic) bond motifs is 1. The second kappa shape index (κ2) is 27.0. The van der Waals surface area contributed by atoms with Crippen LogP contribution in [-0.4, -0.2) is 137 Å². The van der Waals surface area contributed by atoms with E-state index < -0.39 is 106 Å². The number of carbonyl (C=O) groups excluding carboxylic acids is 12. The lowest BCUT2D eigenvalue weighted by Gasteiger charge is -2.35. The van der Waals surface area contributed by atoms with Gasteiger partial charge < -0.3 is 35.9 Å². The number of nitrogens with zero attached hydrogens (tertiary/aromatic N) is 2. The molecule has 0 saturated carbocycles. The molecule has 5 N–H and O–H groups in total. The standard InChI is InChI=1S/C49H64N6O15/c1-6-9-33(50)26-32-12-13-39-34(27-32)53-48(66)28(2)24-37(58)30(4)51-40(60)18-22-68-20-7-10-35(56)46(54-42(62)14-15-43(54)63)47(55-44(64)16-17-45(55)65)36(57)11-8-21-69-23-19-41(61)52-31(5)38(59)25-29(3)49(67)70-39/h12-17,27-31,33,46-47H,6-11,18-26,50H2,1-5H3,(H,51,60)(H,52,61)(H,53,66)/t28?,29?,30?,31?,33-,46?,47?/m1/s1. The normalized spacial score (nSPS) is 26.1. The summed E-state index contributed by atoms with van der Waals surface area (Å²) in [4.78, 5) is 160. The van der Waals surface area contributed by atoms with Crippen LogP contribution in [0.4, 0.5) is 5.69 Å². The highest BCUT2D eigenvalue weighted by atomic mass is 16.5. The first kappa shape index (κ1) is 56.0. The highest BCUT2D eigenvalue weighted by Crippen LogP contribution is 2.29. The van der Waals surface area contributed by atoms with Gasteiger partial charge in [0, 0.05) is 88.0 Å². The molecule has 70 heavy (non-hydrogen) atoms. The van der Waals surface area contributed by atoms with Crippen LogP contribution in [0.25, 0.3) is 0 Å². The number of carbonyl (C=O) groups is 12. The fraction of sp³-hybridized carbons (Fsp3) is 0.551. The Morgan fingerprint density at radius 1 is 0.614 bits per heavy atom. The Morgan fingerprint density at radius 2 is 1.07 bits per heavy atom. The number of imide groups is 2. The summed E-state index contributed by atoms with van der Waals surface area (Å²) in [5.74, 6) is -10.7. The van der Waals surface area contributed by atoms with Crippen molar-refractivity contribution in [3.05, 3.63) is 48.1 Å². The lowest BCUT2D eigenvalue weighted by atomic mass is 9.91. The molecular weight excluding hydrogens is 913 g/mol. The van der Waals surface area contributed by atoms with Crippen LogP contribution in [-0.2, 0) is 73.4 Å². The van der Waals surface area contributed by atoms with Crippen molar-refractivity contribution in [2.75, 3.05) is 31.7 Å². The second-order valence-corrected chi connectivity index (χ2v) is 17.7. The fourth-order valence-corrected chi connectivity index (χ4v) is 7.87. The van der Waals surface area contributed by atoms with Crippen LogP contribution < -0.4 is 26.4 Å². The molecule has 380 valence electrons. The Balaban J connectivity index is 1.52. The van der Waals surface area contributed by atoms with Crippen molar-refractivity contribution in [3.8, 4) is 5.75 Å². The van der Waals surface area contributed by atoms with Gasteiger partial charge in [-0.2, -0.15) is 0 Å². The summed E-state index contributed by atoms with van der Waals surface area (Å²) in [6.07, 6.45) is 3.85. The number of nitrogens with two attached hydrogens (primary N) is 1. The van der Waals surface area contributed by atoms with Gasteiger partial charge in [-0.05, 0) is 57.2 Å². The Kier molecular flexibility index (Phi) is 21.6. The summed E-state index contributed by atoms with van der Waals surface area (Å²) in [5, 5.41) is 7.89. The Hall–Kier alpha value is -6.58. The van der Waals surface area contributed by atoms with E-state index in [4.69, 9.17) is 19.9 Å². The first-order chi connectivity index (χ1) is 33.2. The smallest absolute Gasteiger partial charge is 0.314 e. The van der Waals surface area contributed by atoms with Gasteiger partial charge in [0.1, 0.15) is 12.1 Å². The van der Waals surface area contributed by atoms with Crippen molar-refractivity contribution in [1.82, 2.24) is 20.4 Å². The van der Waals surface area contributed by atoms with E-state index in [9.17, 15) is 57.5 Å². The maximum Gasteiger partial charge on any atom is 0.314 e. The molecule has 3 aliphatic rings. The zero-order valence-corrected chi connectivity index (χ0v) is 40.3. The number of esters is 1. The predicted octanol–water partition coefficient (Wildman–Crippen LogP) is 1.51. The van der Waals surface area contributed by atoms with E-state index in [0.717, 1.165) is 42.7 Å². The van der Waals surface area contributed by atoms with Crippen LogP contribution in [0.15, 0.2) is 42.5 Å². The zero-order chi connectivity index (χ0) is 51.7. The van der Waals surface area contributed by atoms with Crippen molar-refractivity contribution in [3.63, 3.8) is 0 Å². The van der Waals surface area contributed by atoms with Gasteiger partial charge in [-0.25, -0.2) is 0 Å². The Morgan fingerprint density at radius 3 is 1.53 bits per heavy atom. The molecular formula is C49H64N6O15. The molecule has 7 amide bonds. The lowest BCUT2D eigenvalue weighted by Crippen LogP contribution is -2.61. The minimum atomic E-state index is -1.89. The molecule has 0 spiro atoms. The first-order valence-corrected chi connectivity index (χ1v) is 23.6. The number of amides is 7. The molecule has 0 aromatic heterocycles. The van der Waals surface area contributed by atoms with Gasteiger partial charge in [0.15, 0.2) is 28.9 Å². The number of ether oxygens (including phenoxy) is 3. The molecule has 7 atom stereocenters. The molecule has 0 aliphatic carbocycles. The van der Waals surface area contributed by atoms with E-state index in [2.05, 4.69) is 16.0 Å². The molecule has 1 aromatic carbocycles. The van der Waals surface area contributed by atoms with Crippen molar-refractivity contribution in [2.45, 2.75) is 135 Å². The van der Waals surface area contributed by atoms with E-state index in [-0.39, 0.29) is 95.3 Å². The van der Waals surface area contributed by atoms with Crippen LogP contribution in [0, 0.1) is 11.8 Å². The third-order valence-electron chi connectivity index (χ3n) is 11.8. The highest BCUT2D eigenvalue weighted by Gasteiger charge is 2.49. The summed E-state index contributed by atoms with van der Waals surface area (Å²) < 4.78 is 16.8. The molecule has 0 bridgehead atoms. The van der Waals surface area contributed by atoms with Crippen LogP contribution in [0.5, 0.6) is 5.75 Å². The van der Waals surface area contributed by atoms with E-state index in [1.165, 1.54) is 33.8 Å². The molecule has 1 aromatic rings. The minimum Gasteiger partial charge on any atom is -0.424 e. The predicted molar refractivity (Wildman–Crippen MR) is 249 cm³/mol. The molecule has 21 nitrogen and oxygen atoms in total. The van der Waals surface area contributed by atoms with Gasteiger partial charge >= 0.3 is 5.97 Å². The van der Waals surface area contributed by atoms with Crippen molar-refractivity contribution < 1.29 is 71.7 Å². The van der Waals surface area contributed by atoms with Gasteiger partial charge in [0.2, 0.25) is 17.7 Å². The SMILES string of the molecule is CCC[C@@H](N)Cc1ccc2c(c1)NC(=O)C(C)CC(=O)C(C)NC(=O)CCOCCCC(=O)C(N1C(=O)C=CC1=O)C(N1C(=O)C=CC1=O)C(=O)CCCOCCC(=O)NC(C)C(=O)CC(C)C(=O)O2. The average Bonchev–Trinajstić information content (AvgIpc) is 3.81. The summed E-state index contributed by atoms with van der Waals surface area (Å²) in [5.41, 5.74) is 7.17. The Bertz CT molecular complexity index is 2220. The first-order valence-electron chi connectivity index (χ1n) is 23.6. The van der Waals surface area contributed by atoms with Crippen LogP contribution in [0.1, 0.15) is 104 Å². The molecule has 3 heterocycles. The van der Waals surface area contributed by atoms with Crippen molar-refractivity contribution in [2.24, 2.45) is 17.6 Å². The van der Waals surface area contributed by atoms with Gasteiger partial charge in [-0.15, -0.1) is 0 Å². The molecule has 0 saturated heterocycles. The van der Waals surface area contributed by atoms with E-state index in [1.807, 2.05) is 6.92 Å². The monoisotopic (exact) mass is 976 g/mol. The minimum absolute atomic E-state index is 0.00737. The second-order valence-electron chi connectivity index (χ2n) is 17.7. The van der Waals surface area contributed by atoms with Gasteiger partial charge in [-0.3, -0.25) is 67.3 Å². The topological polar surface area (TPSA) is 301 Å². The average molecular weight is 977 g/mol. The van der Waals surface area contributed by atoms with Crippen LogP contribution in [0.3, 0.4) is 0 Å².